The molecule has 142 valence electrons. The maximum atomic E-state index is 12.2. The van der Waals surface area contributed by atoms with Gasteiger partial charge in [-0.2, -0.15) is 0 Å². The Labute approximate surface area is 161 Å². The Morgan fingerprint density at radius 2 is 2.04 bits per heavy atom. The fourth-order valence-corrected chi connectivity index (χ4v) is 3.53. The van der Waals surface area contributed by atoms with Gasteiger partial charge in [0, 0.05) is 22.4 Å². The lowest BCUT2D eigenvalue weighted by Gasteiger charge is -2.12. The second-order valence-corrected chi connectivity index (χ2v) is 6.84. The topological polar surface area (TPSA) is 80.9 Å². The van der Waals surface area contributed by atoms with Crippen LogP contribution in [0.4, 0.5) is 0 Å². The fourth-order valence-electron chi connectivity index (χ4n) is 2.65. The summed E-state index contributed by atoms with van der Waals surface area (Å²) in [6.07, 6.45) is 1.03. The highest BCUT2D eigenvalue weighted by Gasteiger charge is 2.14. The standard InChI is InChI=1S/C20H21NO5S/c1-24-17-6-5-13(8-18(17)25-2)9-20(23)21-11-15(22)19-10-14(12-27-19)16-4-3-7-26-16/h3-8,10,12,15,22H,9,11H2,1-2H3,(H,21,23). The Bertz CT molecular complexity index is 888. The number of nitrogens with one attached hydrogen (secondary N) is 1. The van der Waals surface area contributed by atoms with Gasteiger partial charge < -0.3 is 24.3 Å². The molecule has 7 heteroatoms. The molecule has 2 aromatic heterocycles. The third-order valence-corrected chi connectivity index (χ3v) is 5.09. The molecule has 0 saturated heterocycles. The van der Waals surface area contributed by atoms with E-state index in [1.165, 1.54) is 11.3 Å². The van der Waals surface area contributed by atoms with Crippen molar-refractivity contribution in [3.8, 4) is 22.8 Å². The highest BCUT2D eigenvalue weighted by atomic mass is 32.1. The van der Waals surface area contributed by atoms with Crippen molar-refractivity contribution in [2.75, 3.05) is 20.8 Å². The zero-order valence-corrected chi connectivity index (χ0v) is 15.9. The highest BCUT2D eigenvalue weighted by molar-refractivity contribution is 7.10. The first-order valence-corrected chi connectivity index (χ1v) is 9.26. The first kappa shape index (κ1) is 19.0. The van der Waals surface area contributed by atoms with E-state index in [1.807, 2.05) is 29.6 Å². The number of amides is 1. The van der Waals surface area contributed by atoms with Crippen LogP contribution in [-0.4, -0.2) is 31.8 Å². The lowest BCUT2D eigenvalue weighted by atomic mass is 10.1. The number of rotatable bonds is 8. The average Bonchev–Trinajstić information content (AvgIpc) is 3.37. The van der Waals surface area contributed by atoms with E-state index < -0.39 is 6.10 Å². The summed E-state index contributed by atoms with van der Waals surface area (Å²) in [5.74, 6) is 1.76. The Morgan fingerprint density at radius 3 is 2.74 bits per heavy atom. The molecule has 3 aromatic rings. The van der Waals surface area contributed by atoms with Gasteiger partial charge in [-0.1, -0.05) is 6.07 Å². The van der Waals surface area contributed by atoms with Gasteiger partial charge in [-0.3, -0.25) is 4.79 Å². The third-order valence-electron chi connectivity index (χ3n) is 4.06. The quantitative estimate of drug-likeness (QED) is 0.619. The summed E-state index contributed by atoms with van der Waals surface area (Å²) in [5.41, 5.74) is 1.71. The van der Waals surface area contributed by atoms with Gasteiger partial charge in [0.1, 0.15) is 11.9 Å². The Balaban J connectivity index is 1.54. The Hall–Kier alpha value is -2.77. The van der Waals surface area contributed by atoms with Gasteiger partial charge in [-0.15, -0.1) is 11.3 Å². The van der Waals surface area contributed by atoms with Crippen molar-refractivity contribution in [1.82, 2.24) is 5.32 Å². The summed E-state index contributed by atoms with van der Waals surface area (Å²) < 4.78 is 15.8. The number of aliphatic hydroxyl groups excluding tert-OH is 1. The molecule has 0 aliphatic carbocycles. The largest absolute Gasteiger partial charge is 0.493 e. The number of methoxy groups -OCH3 is 2. The number of benzene rings is 1. The van der Waals surface area contributed by atoms with Crippen molar-refractivity contribution in [3.63, 3.8) is 0 Å². The van der Waals surface area contributed by atoms with Crippen LogP contribution in [0.2, 0.25) is 0 Å². The molecule has 0 fully saturated rings. The molecular formula is C20H21NO5S. The molecular weight excluding hydrogens is 366 g/mol. The molecule has 0 spiro atoms. The minimum Gasteiger partial charge on any atom is -0.493 e. The minimum absolute atomic E-state index is 0.143. The maximum Gasteiger partial charge on any atom is 0.224 e. The summed E-state index contributed by atoms with van der Waals surface area (Å²) in [6, 6.07) is 10.9. The molecule has 27 heavy (non-hydrogen) atoms. The van der Waals surface area contributed by atoms with Gasteiger partial charge in [0.05, 0.1) is 26.9 Å². The number of aliphatic hydroxyl groups is 1. The predicted molar refractivity (Wildman–Crippen MR) is 103 cm³/mol. The summed E-state index contributed by atoms with van der Waals surface area (Å²) in [5, 5.41) is 15.0. The van der Waals surface area contributed by atoms with Gasteiger partial charge >= 0.3 is 0 Å². The molecule has 0 aliphatic rings. The summed E-state index contributed by atoms with van der Waals surface area (Å²) >= 11 is 1.43. The third kappa shape index (κ3) is 4.69. The summed E-state index contributed by atoms with van der Waals surface area (Å²) in [4.78, 5) is 13.0. The molecule has 1 amide bonds. The Kier molecular flexibility index (Phi) is 6.16. The van der Waals surface area contributed by atoms with Crippen molar-refractivity contribution >= 4 is 17.2 Å². The van der Waals surface area contributed by atoms with Crippen molar-refractivity contribution < 1.29 is 23.8 Å². The number of furan rings is 1. The molecule has 3 rings (SSSR count). The first-order valence-electron chi connectivity index (χ1n) is 8.38. The second kappa shape index (κ2) is 8.75. The van der Waals surface area contributed by atoms with E-state index in [1.54, 1.807) is 32.6 Å². The maximum absolute atomic E-state index is 12.2. The van der Waals surface area contributed by atoms with E-state index in [0.29, 0.717) is 11.5 Å². The molecule has 1 unspecified atom stereocenters. The molecule has 0 aliphatic heterocycles. The van der Waals surface area contributed by atoms with Crippen molar-refractivity contribution in [1.29, 1.82) is 0 Å². The van der Waals surface area contributed by atoms with Gasteiger partial charge in [0.2, 0.25) is 5.91 Å². The smallest absolute Gasteiger partial charge is 0.224 e. The zero-order chi connectivity index (χ0) is 19.2. The van der Waals surface area contributed by atoms with Crippen LogP contribution >= 0.6 is 11.3 Å². The lowest BCUT2D eigenvalue weighted by molar-refractivity contribution is -0.120. The fraction of sp³-hybridized carbons (Fsp3) is 0.250. The van der Waals surface area contributed by atoms with E-state index in [4.69, 9.17) is 13.9 Å². The van der Waals surface area contributed by atoms with Crippen molar-refractivity contribution in [2.45, 2.75) is 12.5 Å². The number of carbonyl (C=O) groups excluding carboxylic acids is 1. The van der Waals surface area contributed by atoms with Gasteiger partial charge in [0.15, 0.2) is 11.5 Å². The van der Waals surface area contributed by atoms with Crippen LogP contribution in [0.15, 0.2) is 52.5 Å². The van der Waals surface area contributed by atoms with Crippen LogP contribution in [0.25, 0.3) is 11.3 Å². The van der Waals surface area contributed by atoms with Crippen molar-refractivity contribution in [2.24, 2.45) is 0 Å². The number of hydrogen-bond acceptors (Lipinski definition) is 6. The minimum atomic E-state index is -0.770. The van der Waals surface area contributed by atoms with E-state index in [-0.39, 0.29) is 18.9 Å². The molecule has 1 atom stereocenters. The van der Waals surface area contributed by atoms with E-state index >= 15 is 0 Å². The van der Waals surface area contributed by atoms with Crippen LogP contribution < -0.4 is 14.8 Å². The molecule has 2 N–H and O–H groups in total. The molecule has 2 heterocycles. The van der Waals surface area contributed by atoms with Gasteiger partial charge in [0.25, 0.3) is 0 Å². The summed E-state index contributed by atoms with van der Waals surface area (Å²) in [7, 11) is 3.11. The van der Waals surface area contributed by atoms with Crippen LogP contribution in [0.1, 0.15) is 16.5 Å². The van der Waals surface area contributed by atoms with Crippen molar-refractivity contribution in [3.05, 3.63) is 58.5 Å². The molecule has 0 bridgehead atoms. The first-order chi connectivity index (χ1) is 13.1. The lowest BCUT2D eigenvalue weighted by Crippen LogP contribution is -2.29. The number of hydrogen-bond donors (Lipinski definition) is 2. The van der Waals surface area contributed by atoms with Gasteiger partial charge in [-0.05, 0) is 35.9 Å². The molecule has 1 aromatic carbocycles. The molecule has 6 nitrogen and oxygen atoms in total. The average molecular weight is 387 g/mol. The zero-order valence-electron chi connectivity index (χ0n) is 15.1. The van der Waals surface area contributed by atoms with E-state index in [9.17, 15) is 9.90 Å². The molecule has 0 radical (unpaired) electrons. The Morgan fingerprint density at radius 1 is 1.22 bits per heavy atom. The van der Waals surface area contributed by atoms with Gasteiger partial charge in [-0.25, -0.2) is 0 Å². The molecule has 0 saturated carbocycles. The SMILES string of the molecule is COc1ccc(CC(=O)NCC(O)c2cc(-c3ccco3)cs2)cc1OC. The monoisotopic (exact) mass is 387 g/mol. The number of thiophene rings is 1. The van der Waals surface area contributed by atoms with Crippen LogP contribution in [0, 0.1) is 0 Å². The second-order valence-electron chi connectivity index (χ2n) is 5.90. The van der Waals surface area contributed by atoms with Crippen LogP contribution in [-0.2, 0) is 11.2 Å². The van der Waals surface area contributed by atoms with Crippen LogP contribution in [0.3, 0.4) is 0 Å². The highest BCUT2D eigenvalue weighted by Crippen LogP contribution is 2.30. The van der Waals surface area contributed by atoms with E-state index in [2.05, 4.69) is 5.32 Å². The van der Waals surface area contributed by atoms with Crippen LogP contribution in [0.5, 0.6) is 11.5 Å². The summed E-state index contributed by atoms with van der Waals surface area (Å²) in [6.45, 7) is 0.143. The number of ether oxygens (including phenoxy) is 2. The predicted octanol–water partition coefficient (Wildman–Crippen LogP) is 3.42. The number of carbonyl (C=O) groups is 1. The normalized spacial score (nSPS) is 11.8. The van der Waals surface area contributed by atoms with E-state index in [0.717, 1.165) is 21.8 Å².